The number of halogens is 1. The highest BCUT2D eigenvalue weighted by Crippen LogP contribution is 2.22. The molecule has 0 radical (unpaired) electrons. The van der Waals surface area contributed by atoms with Gasteiger partial charge in [-0.05, 0) is 35.9 Å². The summed E-state index contributed by atoms with van der Waals surface area (Å²) in [7, 11) is 0. The molecule has 0 saturated heterocycles. The third-order valence-corrected chi connectivity index (χ3v) is 3.82. The van der Waals surface area contributed by atoms with E-state index in [-0.39, 0.29) is 5.91 Å². The van der Waals surface area contributed by atoms with Crippen molar-refractivity contribution in [1.29, 1.82) is 0 Å². The lowest BCUT2D eigenvalue weighted by Gasteiger charge is -2.23. The predicted molar refractivity (Wildman–Crippen MR) is 82.1 cm³/mol. The zero-order valence-electron chi connectivity index (χ0n) is 11.0. The van der Waals surface area contributed by atoms with Crippen molar-refractivity contribution in [3.05, 3.63) is 64.1 Å². The zero-order chi connectivity index (χ0) is 14.8. The second-order valence-corrected chi connectivity index (χ2v) is 5.67. The van der Waals surface area contributed by atoms with Gasteiger partial charge in [0.2, 0.25) is 0 Å². The first-order valence-corrected chi connectivity index (χ1v) is 7.28. The van der Waals surface area contributed by atoms with Gasteiger partial charge >= 0.3 is 5.97 Å². The number of amides is 1. The lowest BCUT2D eigenvalue weighted by atomic mass is 9.98. The molecule has 0 saturated carbocycles. The molecule has 0 aliphatic carbocycles. The van der Waals surface area contributed by atoms with E-state index in [9.17, 15) is 9.59 Å². The average Bonchev–Trinajstić information content (AvgIpc) is 2.49. The molecule has 1 N–H and O–H groups in total. The first kappa shape index (κ1) is 13.8. The maximum Gasteiger partial charge on any atom is 0.339 e. The van der Waals surface area contributed by atoms with Crippen molar-refractivity contribution >= 4 is 33.5 Å². The molecule has 1 aliphatic heterocycles. The Morgan fingerprint density at radius 3 is 2.62 bits per heavy atom. The quantitative estimate of drug-likeness (QED) is 0.850. The van der Waals surface area contributed by atoms with Crippen molar-refractivity contribution in [3.63, 3.8) is 0 Å². The van der Waals surface area contributed by atoms with Crippen LogP contribution < -0.4 is 5.32 Å². The minimum absolute atomic E-state index is 0.319. The minimum Gasteiger partial charge on any atom is -0.448 e. The number of cyclic esters (lactones) is 1. The number of fused-ring (bicyclic) bond motifs is 1. The summed E-state index contributed by atoms with van der Waals surface area (Å²) in [4.78, 5) is 24.1. The summed E-state index contributed by atoms with van der Waals surface area (Å²) < 4.78 is 6.14. The Bertz CT molecular complexity index is 697. The first-order chi connectivity index (χ1) is 10.1. The molecule has 3 rings (SSSR count). The summed E-state index contributed by atoms with van der Waals surface area (Å²) in [6.07, 6.45) is -0.402. The second-order valence-electron chi connectivity index (χ2n) is 4.75. The van der Waals surface area contributed by atoms with Gasteiger partial charge in [0, 0.05) is 16.6 Å². The highest BCUT2D eigenvalue weighted by Gasteiger charge is 2.30. The standard InChI is InChI=1S/C16H12BrNO3/c17-11-5-7-12(8-6-11)18-15(19)14-9-10-3-1-2-4-13(10)16(20)21-14/h1-8,14H,9H2,(H,18,19). The summed E-state index contributed by atoms with van der Waals surface area (Å²) in [5.41, 5.74) is 2.04. The number of carbonyl (C=O) groups is 2. The fourth-order valence-corrected chi connectivity index (χ4v) is 2.50. The fourth-order valence-electron chi connectivity index (χ4n) is 2.23. The van der Waals surface area contributed by atoms with Gasteiger partial charge in [-0.2, -0.15) is 0 Å². The molecule has 1 heterocycles. The number of nitrogens with one attached hydrogen (secondary N) is 1. The van der Waals surface area contributed by atoms with Crippen LogP contribution in [-0.4, -0.2) is 18.0 Å². The summed E-state index contributed by atoms with van der Waals surface area (Å²) in [6.45, 7) is 0. The fraction of sp³-hybridized carbons (Fsp3) is 0.125. The third-order valence-electron chi connectivity index (χ3n) is 3.30. The molecule has 5 heteroatoms. The Morgan fingerprint density at radius 1 is 1.14 bits per heavy atom. The topological polar surface area (TPSA) is 55.4 Å². The number of carbonyl (C=O) groups excluding carboxylic acids is 2. The molecule has 0 spiro atoms. The number of hydrogen-bond donors (Lipinski definition) is 1. The largest absolute Gasteiger partial charge is 0.448 e. The molecule has 106 valence electrons. The van der Waals surface area contributed by atoms with E-state index in [0.29, 0.717) is 17.7 Å². The monoisotopic (exact) mass is 345 g/mol. The van der Waals surface area contributed by atoms with Crippen LogP contribution in [0.25, 0.3) is 0 Å². The number of rotatable bonds is 2. The van der Waals surface area contributed by atoms with Crippen molar-refractivity contribution in [2.45, 2.75) is 12.5 Å². The van der Waals surface area contributed by atoms with E-state index in [4.69, 9.17) is 4.74 Å². The summed E-state index contributed by atoms with van der Waals surface area (Å²) in [6, 6.07) is 14.4. The third kappa shape index (κ3) is 2.97. The van der Waals surface area contributed by atoms with Gasteiger partial charge in [-0.1, -0.05) is 34.1 Å². The van der Waals surface area contributed by atoms with E-state index in [1.807, 2.05) is 24.3 Å². The molecule has 4 nitrogen and oxygen atoms in total. The zero-order valence-corrected chi connectivity index (χ0v) is 12.6. The van der Waals surface area contributed by atoms with Crippen molar-refractivity contribution in [2.24, 2.45) is 0 Å². The van der Waals surface area contributed by atoms with Crippen LogP contribution in [0, 0.1) is 0 Å². The smallest absolute Gasteiger partial charge is 0.339 e. The van der Waals surface area contributed by atoms with Crippen LogP contribution in [0.15, 0.2) is 53.0 Å². The van der Waals surface area contributed by atoms with Crippen LogP contribution in [0.3, 0.4) is 0 Å². The van der Waals surface area contributed by atoms with Gasteiger partial charge in [0.05, 0.1) is 5.56 Å². The van der Waals surface area contributed by atoms with Gasteiger partial charge in [0.1, 0.15) is 0 Å². The van der Waals surface area contributed by atoms with Gasteiger partial charge in [-0.3, -0.25) is 4.79 Å². The van der Waals surface area contributed by atoms with E-state index >= 15 is 0 Å². The highest BCUT2D eigenvalue weighted by molar-refractivity contribution is 9.10. The van der Waals surface area contributed by atoms with E-state index in [0.717, 1.165) is 10.0 Å². The van der Waals surface area contributed by atoms with E-state index in [1.54, 1.807) is 24.3 Å². The van der Waals surface area contributed by atoms with Crippen molar-refractivity contribution in [3.8, 4) is 0 Å². The lowest BCUT2D eigenvalue weighted by Crippen LogP contribution is -2.37. The van der Waals surface area contributed by atoms with Gasteiger partial charge in [0.25, 0.3) is 5.91 Å². The minimum atomic E-state index is -0.795. The molecule has 1 unspecified atom stereocenters. The average molecular weight is 346 g/mol. The van der Waals surface area contributed by atoms with Crippen LogP contribution in [0.4, 0.5) is 5.69 Å². The molecule has 2 aromatic carbocycles. The number of esters is 1. The van der Waals surface area contributed by atoms with Crippen molar-refractivity contribution in [2.75, 3.05) is 5.32 Å². The van der Waals surface area contributed by atoms with Gasteiger partial charge in [-0.25, -0.2) is 4.79 Å². The number of benzene rings is 2. The second kappa shape index (κ2) is 5.69. The highest BCUT2D eigenvalue weighted by atomic mass is 79.9. The normalized spacial score (nSPS) is 16.8. The van der Waals surface area contributed by atoms with Crippen molar-refractivity contribution in [1.82, 2.24) is 0 Å². The van der Waals surface area contributed by atoms with Crippen LogP contribution >= 0.6 is 15.9 Å². The van der Waals surface area contributed by atoms with Crippen LogP contribution in [0.1, 0.15) is 15.9 Å². The Balaban J connectivity index is 1.75. The summed E-state index contributed by atoms with van der Waals surface area (Å²) in [5.74, 6) is -0.770. The molecule has 1 amide bonds. The van der Waals surface area contributed by atoms with Crippen LogP contribution in [0.5, 0.6) is 0 Å². The predicted octanol–water partition coefficient (Wildman–Crippen LogP) is 3.17. The number of anilines is 1. The van der Waals surface area contributed by atoms with Gasteiger partial charge in [0.15, 0.2) is 6.10 Å². The maximum atomic E-state index is 12.2. The van der Waals surface area contributed by atoms with Gasteiger partial charge in [-0.15, -0.1) is 0 Å². The Morgan fingerprint density at radius 2 is 1.86 bits per heavy atom. The van der Waals surface area contributed by atoms with E-state index in [1.165, 1.54) is 0 Å². The first-order valence-electron chi connectivity index (χ1n) is 6.49. The van der Waals surface area contributed by atoms with E-state index < -0.39 is 12.1 Å². The van der Waals surface area contributed by atoms with Crippen LogP contribution in [0.2, 0.25) is 0 Å². The molecule has 21 heavy (non-hydrogen) atoms. The summed E-state index contributed by atoms with van der Waals surface area (Å²) >= 11 is 3.33. The molecule has 0 fully saturated rings. The Kier molecular flexibility index (Phi) is 3.75. The Hall–Kier alpha value is -2.14. The molecular formula is C16H12BrNO3. The summed E-state index contributed by atoms with van der Waals surface area (Å²) in [5, 5.41) is 2.75. The molecular weight excluding hydrogens is 334 g/mol. The Labute approximate surface area is 130 Å². The molecule has 1 atom stereocenters. The lowest BCUT2D eigenvalue weighted by molar-refractivity contribution is -0.125. The van der Waals surface area contributed by atoms with Gasteiger partial charge < -0.3 is 10.1 Å². The molecule has 0 aromatic heterocycles. The van der Waals surface area contributed by atoms with Crippen LogP contribution in [-0.2, 0) is 16.0 Å². The SMILES string of the molecule is O=C1OC(C(=O)Nc2ccc(Br)cc2)Cc2ccccc21. The molecule has 1 aliphatic rings. The van der Waals surface area contributed by atoms with E-state index in [2.05, 4.69) is 21.2 Å². The number of ether oxygens (including phenoxy) is 1. The molecule has 2 aromatic rings. The maximum absolute atomic E-state index is 12.2. The number of hydrogen-bond acceptors (Lipinski definition) is 3. The van der Waals surface area contributed by atoms with Crippen molar-refractivity contribution < 1.29 is 14.3 Å². The molecule has 0 bridgehead atoms.